The SMILES string of the molecule is CNC[C@H]1CN(c2cc(F)c(N3CCON(C=O)CC3)c(F)c2)C(=O)O1. The molecule has 0 saturated carbocycles. The van der Waals surface area contributed by atoms with E-state index in [0.717, 1.165) is 17.2 Å². The Morgan fingerprint density at radius 1 is 1.27 bits per heavy atom. The first-order valence-electron chi connectivity index (χ1n) is 8.25. The zero-order valence-corrected chi connectivity index (χ0v) is 14.3. The molecule has 0 aromatic heterocycles. The molecule has 1 atom stereocenters. The van der Waals surface area contributed by atoms with Crippen LogP contribution in [0, 0.1) is 11.6 Å². The van der Waals surface area contributed by atoms with Gasteiger partial charge in [0.2, 0.25) is 6.41 Å². The molecule has 1 aromatic carbocycles. The predicted octanol–water partition coefficient (Wildman–Crippen LogP) is 0.719. The molecule has 0 spiro atoms. The number of hydroxylamine groups is 2. The van der Waals surface area contributed by atoms with E-state index < -0.39 is 17.7 Å². The van der Waals surface area contributed by atoms with Crippen molar-refractivity contribution in [3.8, 4) is 0 Å². The summed E-state index contributed by atoms with van der Waals surface area (Å²) in [5.41, 5.74) is -0.0996. The number of carbonyl (C=O) groups excluding carboxylic acids is 2. The number of rotatable bonds is 5. The van der Waals surface area contributed by atoms with Crippen LogP contribution in [-0.4, -0.2) is 70.0 Å². The van der Waals surface area contributed by atoms with Gasteiger partial charge in [-0.15, -0.1) is 0 Å². The number of nitrogens with zero attached hydrogens (tertiary/aromatic N) is 3. The highest BCUT2D eigenvalue weighted by atomic mass is 19.1. The summed E-state index contributed by atoms with van der Waals surface area (Å²) in [6, 6.07) is 2.23. The smallest absolute Gasteiger partial charge is 0.414 e. The van der Waals surface area contributed by atoms with Crippen molar-refractivity contribution < 1.29 is 27.9 Å². The highest BCUT2D eigenvalue weighted by Crippen LogP contribution is 2.31. The van der Waals surface area contributed by atoms with E-state index in [0.29, 0.717) is 13.0 Å². The number of nitrogens with one attached hydrogen (secondary N) is 1. The molecule has 2 saturated heterocycles. The Balaban J connectivity index is 1.80. The first kappa shape index (κ1) is 18.3. The van der Waals surface area contributed by atoms with Crippen molar-refractivity contribution >= 4 is 23.9 Å². The highest BCUT2D eigenvalue weighted by molar-refractivity contribution is 5.90. The molecular weight excluding hydrogens is 350 g/mol. The van der Waals surface area contributed by atoms with E-state index in [-0.39, 0.29) is 50.3 Å². The molecule has 26 heavy (non-hydrogen) atoms. The number of ether oxygens (including phenoxy) is 1. The number of halogens is 2. The number of benzene rings is 1. The van der Waals surface area contributed by atoms with E-state index in [2.05, 4.69) is 5.32 Å². The molecular formula is C16H20F2N4O4. The average Bonchev–Trinajstić information content (AvgIpc) is 2.82. The fraction of sp³-hybridized carbons (Fsp3) is 0.500. The van der Waals surface area contributed by atoms with Gasteiger partial charge in [0, 0.05) is 31.8 Å². The zero-order chi connectivity index (χ0) is 18.7. The maximum Gasteiger partial charge on any atom is 0.414 e. The molecule has 8 nitrogen and oxygen atoms in total. The minimum Gasteiger partial charge on any atom is -0.443 e. The minimum absolute atomic E-state index is 0.105. The van der Waals surface area contributed by atoms with E-state index in [4.69, 9.17) is 9.57 Å². The second-order valence-electron chi connectivity index (χ2n) is 6.00. The summed E-state index contributed by atoms with van der Waals surface area (Å²) >= 11 is 0. The summed E-state index contributed by atoms with van der Waals surface area (Å²) in [7, 11) is 1.72. The largest absolute Gasteiger partial charge is 0.443 e. The predicted molar refractivity (Wildman–Crippen MR) is 88.8 cm³/mol. The Morgan fingerprint density at radius 3 is 2.65 bits per heavy atom. The van der Waals surface area contributed by atoms with E-state index >= 15 is 0 Å². The lowest BCUT2D eigenvalue weighted by molar-refractivity contribution is -0.166. The van der Waals surface area contributed by atoms with E-state index in [9.17, 15) is 18.4 Å². The lowest BCUT2D eigenvalue weighted by Gasteiger charge is -2.24. The maximum absolute atomic E-state index is 14.6. The average molecular weight is 370 g/mol. The van der Waals surface area contributed by atoms with E-state index in [1.807, 2.05) is 0 Å². The van der Waals surface area contributed by atoms with Crippen molar-refractivity contribution in [2.45, 2.75) is 6.10 Å². The normalized spacial score (nSPS) is 21.0. The summed E-state index contributed by atoms with van der Waals surface area (Å²) in [6.07, 6.45) is -0.489. The third-order valence-electron chi connectivity index (χ3n) is 4.26. The lowest BCUT2D eigenvalue weighted by atomic mass is 10.2. The van der Waals surface area contributed by atoms with Gasteiger partial charge in [0.15, 0.2) is 11.6 Å². The molecule has 2 aliphatic rings. The van der Waals surface area contributed by atoms with Crippen LogP contribution in [0.25, 0.3) is 0 Å². The van der Waals surface area contributed by atoms with Gasteiger partial charge in [-0.25, -0.2) is 18.6 Å². The van der Waals surface area contributed by atoms with Crippen molar-refractivity contribution in [2.24, 2.45) is 0 Å². The number of likely N-dealkylation sites (N-methyl/N-ethyl adjacent to an activating group) is 1. The Morgan fingerprint density at radius 2 is 2.00 bits per heavy atom. The van der Waals surface area contributed by atoms with Gasteiger partial charge in [-0.3, -0.25) is 14.5 Å². The van der Waals surface area contributed by atoms with Crippen LogP contribution in [0.2, 0.25) is 0 Å². The molecule has 2 amide bonds. The van der Waals surface area contributed by atoms with Crippen LogP contribution in [0.4, 0.5) is 25.0 Å². The molecule has 2 aliphatic heterocycles. The highest BCUT2D eigenvalue weighted by Gasteiger charge is 2.33. The number of amides is 2. The molecule has 0 radical (unpaired) electrons. The number of carbonyl (C=O) groups is 2. The molecule has 1 aromatic rings. The fourth-order valence-electron chi connectivity index (χ4n) is 3.05. The van der Waals surface area contributed by atoms with Crippen LogP contribution in [-0.2, 0) is 14.4 Å². The number of hydrogen-bond donors (Lipinski definition) is 1. The van der Waals surface area contributed by atoms with Crippen LogP contribution in [0.1, 0.15) is 0 Å². The van der Waals surface area contributed by atoms with Crippen LogP contribution in [0.3, 0.4) is 0 Å². The Labute approximate surface area is 149 Å². The van der Waals surface area contributed by atoms with Crippen molar-refractivity contribution in [1.82, 2.24) is 10.4 Å². The Hall–Kier alpha value is -2.46. The van der Waals surface area contributed by atoms with Gasteiger partial charge in [-0.1, -0.05) is 0 Å². The Kier molecular flexibility index (Phi) is 5.52. The van der Waals surface area contributed by atoms with Crippen LogP contribution < -0.4 is 15.1 Å². The van der Waals surface area contributed by atoms with Gasteiger partial charge >= 0.3 is 6.09 Å². The second-order valence-corrected chi connectivity index (χ2v) is 6.00. The van der Waals surface area contributed by atoms with Crippen LogP contribution in [0.5, 0.6) is 0 Å². The second kappa shape index (κ2) is 7.83. The summed E-state index contributed by atoms with van der Waals surface area (Å²) in [6.45, 7) is 1.43. The summed E-state index contributed by atoms with van der Waals surface area (Å²) in [5, 5.41) is 3.98. The number of hydrogen-bond acceptors (Lipinski definition) is 6. The first-order valence-corrected chi connectivity index (χ1v) is 8.25. The molecule has 0 aliphatic carbocycles. The molecule has 10 heteroatoms. The van der Waals surface area contributed by atoms with Gasteiger partial charge in [0.25, 0.3) is 0 Å². The van der Waals surface area contributed by atoms with Gasteiger partial charge in [0.05, 0.1) is 25.4 Å². The molecule has 3 rings (SSSR count). The summed E-state index contributed by atoms with van der Waals surface area (Å²) < 4.78 is 34.4. The molecule has 0 unspecified atom stereocenters. The van der Waals surface area contributed by atoms with Gasteiger partial charge in [0.1, 0.15) is 11.8 Å². The fourth-order valence-corrected chi connectivity index (χ4v) is 3.05. The lowest BCUT2D eigenvalue weighted by Crippen LogP contribution is -2.32. The number of cyclic esters (lactones) is 1. The van der Waals surface area contributed by atoms with Crippen LogP contribution in [0.15, 0.2) is 12.1 Å². The number of anilines is 2. The van der Waals surface area contributed by atoms with Gasteiger partial charge in [-0.05, 0) is 7.05 Å². The minimum atomic E-state index is -0.788. The molecule has 0 bridgehead atoms. The first-order chi connectivity index (χ1) is 12.5. The Bertz CT molecular complexity index is 667. The molecule has 2 fully saturated rings. The van der Waals surface area contributed by atoms with Crippen molar-refractivity contribution in [1.29, 1.82) is 0 Å². The van der Waals surface area contributed by atoms with Gasteiger partial charge in [-0.2, -0.15) is 0 Å². The van der Waals surface area contributed by atoms with Crippen molar-refractivity contribution in [3.63, 3.8) is 0 Å². The van der Waals surface area contributed by atoms with Crippen molar-refractivity contribution in [3.05, 3.63) is 23.8 Å². The molecule has 2 heterocycles. The van der Waals surface area contributed by atoms with Crippen LogP contribution >= 0.6 is 0 Å². The molecule has 1 N–H and O–H groups in total. The topological polar surface area (TPSA) is 74.4 Å². The quantitative estimate of drug-likeness (QED) is 0.770. The van der Waals surface area contributed by atoms with Crippen molar-refractivity contribution in [2.75, 3.05) is 56.2 Å². The van der Waals surface area contributed by atoms with Gasteiger partial charge < -0.3 is 15.0 Å². The third kappa shape index (κ3) is 3.70. The molecule has 142 valence electrons. The summed E-state index contributed by atoms with van der Waals surface area (Å²) in [4.78, 5) is 30.5. The standard InChI is InChI=1S/C16H20F2N4O4/c1-19-8-12-9-22(16(24)26-12)11-6-13(17)15(14(18)7-11)20-2-3-21(10-23)25-5-4-20/h6-7,10,12,19H,2-5,8-9H2,1H3/t12-/m0/s1. The maximum atomic E-state index is 14.6. The van der Waals surface area contributed by atoms with E-state index in [1.54, 1.807) is 7.05 Å². The van der Waals surface area contributed by atoms with E-state index in [1.165, 1.54) is 9.80 Å². The third-order valence-corrected chi connectivity index (χ3v) is 4.26. The zero-order valence-electron chi connectivity index (χ0n) is 14.3. The monoisotopic (exact) mass is 370 g/mol. The summed E-state index contributed by atoms with van der Waals surface area (Å²) in [5.74, 6) is -1.58.